The number of rotatable bonds is 4. The van der Waals surface area contributed by atoms with E-state index in [1.54, 1.807) is 7.11 Å². The van der Waals surface area contributed by atoms with Gasteiger partial charge in [-0.1, -0.05) is 18.2 Å². The van der Waals surface area contributed by atoms with Crippen LogP contribution >= 0.6 is 0 Å². The molecule has 21 heavy (non-hydrogen) atoms. The summed E-state index contributed by atoms with van der Waals surface area (Å²) in [5.41, 5.74) is 1.87. The van der Waals surface area contributed by atoms with Gasteiger partial charge in [-0.25, -0.2) is 0 Å². The van der Waals surface area contributed by atoms with Crippen molar-refractivity contribution in [3.8, 4) is 0 Å². The maximum atomic E-state index is 12.7. The van der Waals surface area contributed by atoms with E-state index in [9.17, 15) is 4.79 Å². The number of ether oxygens (including phenoxy) is 1. The molecule has 116 valence electrons. The average Bonchev–Trinajstić information content (AvgIpc) is 2.46. The largest absolute Gasteiger partial charge is 0.383 e. The highest BCUT2D eigenvalue weighted by molar-refractivity contribution is 5.95. The summed E-state index contributed by atoms with van der Waals surface area (Å²) in [7, 11) is 1.73. The molecule has 1 heterocycles. The van der Waals surface area contributed by atoms with E-state index in [0.29, 0.717) is 12.1 Å². The standard InChI is InChI=1S/C17H26N2O2/c1-13-7-5-6-8-16(13)17(20)18-11-14(2)19(9-10-21-4)15(3)12-18/h5-8,14-15H,9-12H2,1-4H3. The van der Waals surface area contributed by atoms with Crippen molar-refractivity contribution >= 4 is 5.91 Å². The lowest BCUT2D eigenvalue weighted by Gasteiger charge is -2.44. The summed E-state index contributed by atoms with van der Waals surface area (Å²) in [6.45, 7) is 9.58. The quantitative estimate of drug-likeness (QED) is 0.852. The fourth-order valence-corrected chi connectivity index (χ4v) is 3.14. The molecule has 0 saturated carbocycles. The third-order valence-electron chi connectivity index (χ3n) is 4.32. The molecule has 0 aliphatic carbocycles. The first kappa shape index (κ1) is 16.0. The summed E-state index contributed by atoms with van der Waals surface area (Å²) in [6.07, 6.45) is 0. The summed E-state index contributed by atoms with van der Waals surface area (Å²) >= 11 is 0. The molecule has 4 heteroatoms. The maximum absolute atomic E-state index is 12.7. The van der Waals surface area contributed by atoms with Crippen LogP contribution in [0.25, 0.3) is 0 Å². The number of benzene rings is 1. The van der Waals surface area contributed by atoms with Gasteiger partial charge in [0, 0.05) is 44.4 Å². The zero-order valence-corrected chi connectivity index (χ0v) is 13.5. The molecular weight excluding hydrogens is 264 g/mol. The number of aryl methyl sites for hydroxylation is 1. The van der Waals surface area contributed by atoms with Crippen LogP contribution in [0.5, 0.6) is 0 Å². The number of hydrogen-bond acceptors (Lipinski definition) is 3. The molecule has 1 amide bonds. The molecule has 0 aromatic heterocycles. The normalized spacial score (nSPS) is 23.3. The van der Waals surface area contributed by atoms with E-state index in [1.165, 1.54) is 0 Å². The zero-order chi connectivity index (χ0) is 15.4. The second kappa shape index (κ2) is 7.05. The van der Waals surface area contributed by atoms with E-state index in [1.807, 2.05) is 36.1 Å². The van der Waals surface area contributed by atoms with Gasteiger partial charge in [0.25, 0.3) is 5.91 Å². The number of amides is 1. The van der Waals surface area contributed by atoms with Crippen LogP contribution in [0.15, 0.2) is 24.3 Å². The van der Waals surface area contributed by atoms with Crippen molar-refractivity contribution in [2.45, 2.75) is 32.9 Å². The topological polar surface area (TPSA) is 32.8 Å². The highest BCUT2D eigenvalue weighted by atomic mass is 16.5. The second-order valence-corrected chi connectivity index (χ2v) is 5.95. The molecule has 0 spiro atoms. The monoisotopic (exact) mass is 290 g/mol. The first-order valence-corrected chi connectivity index (χ1v) is 7.64. The van der Waals surface area contributed by atoms with Crippen LogP contribution in [0.1, 0.15) is 29.8 Å². The zero-order valence-electron chi connectivity index (χ0n) is 13.5. The van der Waals surface area contributed by atoms with Crippen LogP contribution in [0.3, 0.4) is 0 Å². The van der Waals surface area contributed by atoms with E-state index in [-0.39, 0.29) is 5.91 Å². The third-order valence-corrected chi connectivity index (χ3v) is 4.32. The van der Waals surface area contributed by atoms with Gasteiger partial charge in [-0.05, 0) is 32.4 Å². The third kappa shape index (κ3) is 3.63. The molecule has 2 rings (SSSR count). The average molecular weight is 290 g/mol. The Labute approximate surface area is 127 Å². The number of carbonyl (C=O) groups is 1. The second-order valence-electron chi connectivity index (χ2n) is 5.95. The maximum Gasteiger partial charge on any atom is 0.254 e. The molecular formula is C17H26N2O2. The van der Waals surface area contributed by atoms with Crippen LogP contribution in [-0.2, 0) is 4.74 Å². The van der Waals surface area contributed by atoms with Gasteiger partial charge in [0.1, 0.15) is 0 Å². The molecule has 1 saturated heterocycles. The predicted octanol–water partition coefficient (Wildman–Crippen LogP) is 2.18. The Hall–Kier alpha value is -1.39. The first-order chi connectivity index (χ1) is 10.0. The fraction of sp³-hybridized carbons (Fsp3) is 0.588. The van der Waals surface area contributed by atoms with Crippen molar-refractivity contribution in [1.29, 1.82) is 0 Å². The highest BCUT2D eigenvalue weighted by Crippen LogP contribution is 2.19. The molecule has 1 aliphatic heterocycles. The van der Waals surface area contributed by atoms with E-state index in [2.05, 4.69) is 18.7 Å². The van der Waals surface area contributed by atoms with Gasteiger partial charge in [-0.3, -0.25) is 9.69 Å². The van der Waals surface area contributed by atoms with E-state index in [0.717, 1.165) is 37.4 Å². The van der Waals surface area contributed by atoms with Gasteiger partial charge in [0.05, 0.1) is 6.61 Å². The van der Waals surface area contributed by atoms with Crippen molar-refractivity contribution < 1.29 is 9.53 Å². The van der Waals surface area contributed by atoms with Crippen LogP contribution in [-0.4, -0.2) is 61.1 Å². The molecule has 0 bridgehead atoms. The highest BCUT2D eigenvalue weighted by Gasteiger charge is 2.32. The summed E-state index contributed by atoms with van der Waals surface area (Å²) in [6, 6.07) is 8.54. The van der Waals surface area contributed by atoms with Crippen molar-refractivity contribution in [2.24, 2.45) is 0 Å². The van der Waals surface area contributed by atoms with Crippen LogP contribution in [0, 0.1) is 6.92 Å². The van der Waals surface area contributed by atoms with Gasteiger partial charge in [-0.2, -0.15) is 0 Å². The minimum Gasteiger partial charge on any atom is -0.383 e. The van der Waals surface area contributed by atoms with Gasteiger partial charge in [0.15, 0.2) is 0 Å². The summed E-state index contributed by atoms with van der Waals surface area (Å²) < 4.78 is 5.18. The number of hydrogen-bond donors (Lipinski definition) is 0. The molecule has 0 radical (unpaired) electrons. The Morgan fingerprint density at radius 2 is 1.86 bits per heavy atom. The predicted molar refractivity (Wildman–Crippen MR) is 84.6 cm³/mol. The van der Waals surface area contributed by atoms with E-state index in [4.69, 9.17) is 4.74 Å². The van der Waals surface area contributed by atoms with Crippen LogP contribution in [0.2, 0.25) is 0 Å². The van der Waals surface area contributed by atoms with E-state index >= 15 is 0 Å². The molecule has 2 atom stereocenters. The van der Waals surface area contributed by atoms with Crippen LogP contribution in [0.4, 0.5) is 0 Å². The fourth-order valence-electron chi connectivity index (χ4n) is 3.14. The molecule has 4 nitrogen and oxygen atoms in total. The molecule has 0 N–H and O–H groups in total. The smallest absolute Gasteiger partial charge is 0.254 e. The number of carbonyl (C=O) groups excluding carboxylic acids is 1. The summed E-state index contributed by atoms with van der Waals surface area (Å²) in [5, 5.41) is 0. The molecule has 2 unspecified atom stereocenters. The minimum absolute atomic E-state index is 0.151. The number of piperazine rings is 1. The number of methoxy groups -OCH3 is 1. The summed E-state index contributed by atoms with van der Waals surface area (Å²) in [4.78, 5) is 17.1. The molecule has 1 fully saturated rings. The van der Waals surface area contributed by atoms with Crippen molar-refractivity contribution in [3.05, 3.63) is 35.4 Å². The van der Waals surface area contributed by atoms with Gasteiger partial charge in [0.2, 0.25) is 0 Å². The summed E-state index contributed by atoms with van der Waals surface area (Å²) in [5.74, 6) is 0.151. The minimum atomic E-state index is 0.151. The van der Waals surface area contributed by atoms with Crippen molar-refractivity contribution in [1.82, 2.24) is 9.80 Å². The van der Waals surface area contributed by atoms with Crippen LogP contribution < -0.4 is 0 Å². The number of nitrogens with zero attached hydrogens (tertiary/aromatic N) is 2. The Balaban J connectivity index is 2.07. The Bertz CT molecular complexity index is 477. The van der Waals surface area contributed by atoms with Crippen molar-refractivity contribution in [2.75, 3.05) is 33.4 Å². The Kier molecular flexibility index (Phi) is 5.37. The first-order valence-electron chi connectivity index (χ1n) is 7.64. The van der Waals surface area contributed by atoms with E-state index < -0.39 is 0 Å². The van der Waals surface area contributed by atoms with Gasteiger partial charge < -0.3 is 9.64 Å². The van der Waals surface area contributed by atoms with Crippen molar-refractivity contribution in [3.63, 3.8) is 0 Å². The van der Waals surface area contributed by atoms with Gasteiger partial charge >= 0.3 is 0 Å². The SMILES string of the molecule is COCCN1C(C)CN(C(=O)c2ccccc2C)CC1C. The Morgan fingerprint density at radius 3 is 2.43 bits per heavy atom. The lowest BCUT2D eigenvalue weighted by atomic mass is 10.0. The molecule has 1 aromatic rings. The molecule has 1 aliphatic rings. The van der Waals surface area contributed by atoms with Gasteiger partial charge in [-0.15, -0.1) is 0 Å². The lowest BCUT2D eigenvalue weighted by molar-refractivity contribution is 0.0193. The lowest BCUT2D eigenvalue weighted by Crippen LogP contribution is -2.58. The molecule has 1 aromatic carbocycles. The Morgan fingerprint density at radius 1 is 1.24 bits per heavy atom.